The molecule has 3 aliphatic rings. The molecule has 8 aromatic rings. The molecule has 2 aliphatic carbocycles. The molecule has 0 saturated carbocycles. The van der Waals surface area contributed by atoms with Crippen molar-refractivity contribution in [3.8, 4) is 56.0 Å². The molecule has 1 heteroatoms. The number of fused-ring (bicyclic) bond motifs is 14. The summed E-state index contributed by atoms with van der Waals surface area (Å²) >= 11 is 0. The standard InChI is InChI=1S/C50H34O/c1-49(2)41-22-9-10-24-45(41)51-46-28-26-33(30-44(46)49)32-14-11-15-34(29-32)36-19-12-23-42-48(36)38-18-6-8-21-40(38)50(42)39-20-7-5-17-37(39)47-35-16-4-3-13-31(35)25-27-43(47)50/h3-30H,1-2H3. The van der Waals surface area contributed by atoms with Gasteiger partial charge in [-0.3, -0.25) is 0 Å². The lowest BCUT2D eigenvalue weighted by molar-refractivity contribution is 0.418. The summed E-state index contributed by atoms with van der Waals surface area (Å²) in [6, 6.07) is 63.0. The van der Waals surface area contributed by atoms with Gasteiger partial charge < -0.3 is 4.74 Å². The highest BCUT2D eigenvalue weighted by atomic mass is 16.5. The van der Waals surface area contributed by atoms with Gasteiger partial charge >= 0.3 is 0 Å². The van der Waals surface area contributed by atoms with E-state index < -0.39 is 5.41 Å². The van der Waals surface area contributed by atoms with Crippen LogP contribution in [0.5, 0.6) is 11.5 Å². The Hall–Kier alpha value is -6.18. The number of ether oxygens (including phenoxy) is 1. The van der Waals surface area contributed by atoms with Crippen molar-refractivity contribution in [3.05, 3.63) is 203 Å². The van der Waals surface area contributed by atoms with Gasteiger partial charge in [-0.2, -0.15) is 0 Å². The SMILES string of the molecule is CC1(C)c2ccccc2Oc2ccc(-c3cccc(-c4cccc5c4-c4ccccc4C54c5ccccc5-c5c4ccc4ccccc54)c3)cc21. The van der Waals surface area contributed by atoms with Crippen LogP contribution in [0.4, 0.5) is 0 Å². The van der Waals surface area contributed by atoms with Crippen LogP contribution >= 0.6 is 0 Å². The van der Waals surface area contributed by atoms with Gasteiger partial charge in [0, 0.05) is 16.5 Å². The fourth-order valence-electron chi connectivity index (χ4n) is 9.69. The van der Waals surface area contributed by atoms with Crippen LogP contribution < -0.4 is 4.74 Å². The quantitative estimate of drug-likeness (QED) is 0.181. The van der Waals surface area contributed by atoms with E-state index in [1.807, 2.05) is 6.07 Å². The van der Waals surface area contributed by atoms with Crippen LogP contribution in [0.15, 0.2) is 170 Å². The van der Waals surface area contributed by atoms with E-state index in [9.17, 15) is 0 Å². The van der Waals surface area contributed by atoms with E-state index >= 15 is 0 Å². The van der Waals surface area contributed by atoms with E-state index in [1.165, 1.54) is 88.7 Å². The van der Waals surface area contributed by atoms with Gasteiger partial charge in [-0.1, -0.05) is 159 Å². The van der Waals surface area contributed by atoms with Gasteiger partial charge in [-0.25, -0.2) is 0 Å². The van der Waals surface area contributed by atoms with E-state index in [0.717, 1.165) is 11.5 Å². The first-order valence-corrected chi connectivity index (χ1v) is 17.9. The highest BCUT2D eigenvalue weighted by molar-refractivity contribution is 6.07. The lowest BCUT2D eigenvalue weighted by Crippen LogP contribution is -2.25. The number of hydrogen-bond acceptors (Lipinski definition) is 1. The third-order valence-corrected chi connectivity index (χ3v) is 11.9. The van der Waals surface area contributed by atoms with Gasteiger partial charge in [0.25, 0.3) is 0 Å². The Morgan fingerprint density at radius 2 is 0.961 bits per heavy atom. The van der Waals surface area contributed by atoms with Crippen LogP contribution in [0.25, 0.3) is 55.3 Å². The van der Waals surface area contributed by atoms with Crippen molar-refractivity contribution in [1.82, 2.24) is 0 Å². The Bertz CT molecular complexity index is 2770. The molecule has 1 unspecified atom stereocenters. The molecule has 8 aromatic carbocycles. The zero-order valence-electron chi connectivity index (χ0n) is 28.6. The summed E-state index contributed by atoms with van der Waals surface area (Å²) in [7, 11) is 0. The molecule has 51 heavy (non-hydrogen) atoms. The first-order valence-electron chi connectivity index (χ1n) is 17.9. The van der Waals surface area contributed by atoms with Crippen LogP contribution in [0, 0.1) is 0 Å². The monoisotopic (exact) mass is 650 g/mol. The molecule has 0 bridgehead atoms. The summed E-state index contributed by atoms with van der Waals surface area (Å²) < 4.78 is 6.40. The fourth-order valence-corrected chi connectivity index (χ4v) is 9.69. The van der Waals surface area contributed by atoms with Gasteiger partial charge in [0.1, 0.15) is 11.5 Å². The van der Waals surface area contributed by atoms with Crippen molar-refractivity contribution >= 4 is 10.8 Å². The van der Waals surface area contributed by atoms with E-state index in [4.69, 9.17) is 4.74 Å². The largest absolute Gasteiger partial charge is 0.457 e. The summed E-state index contributed by atoms with van der Waals surface area (Å²) in [4.78, 5) is 0. The molecular formula is C50H34O. The average molecular weight is 651 g/mol. The second-order valence-electron chi connectivity index (χ2n) is 14.8. The summed E-state index contributed by atoms with van der Waals surface area (Å²) in [5, 5.41) is 2.60. The molecule has 0 radical (unpaired) electrons. The van der Waals surface area contributed by atoms with Crippen LogP contribution in [0.2, 0.25) is 0 Å². The minimum absolute atomic E-state index is 0.171. The zero-order chi connectivity index (χ0) is 33.9. The van der Waals surface area contributed by atoms with Crippen molar-refractivity contribution in [2.45, 2.75) is 24.7 Å². The normalized spacial score (nSPS) is 16.8. The third kappa shape index (κ3) is 3.71. The molecule has 0 fully saturated rings. The van der Waals surface area contributed by atoms with Gasteiger partial charge in [0.15, 0.2) is 0 Å². The average Bonchev–Trinajstić information content (AvgIpc) is 3.66. The highest BCUT2D eigenvalue weighted by Gasteiger charge is 2.52. The summed E-state index contributed by atoms with van der Waals surface area (Å²) in [6.45, 7) is 4.60. The number of benzene rings is 8. The Kier molecular flexibility index (Phi) is 5.72. The van der Waals surface area contributed by atoms with Crippen molar-refractivity contribution in [1.29, 1.82) is 0 Å². The Morgan fingerprint density at radius 1 is 0.373 bits per heavy atom. The predicted octanol–water partition coefficient (Wildman–Crippen LogP) is 12.9. The lowest BCUT2D eigenvalue weighted by atomic mass is 9.70. The van der Waals surface area contributed by atoms with Crippen LogP contribution in [0.3, 0.4) is 0 Å². The number of hydrogen-bond donors (Lipinski definition) is 0. The Balaban J connectivity index is 1.12. The molecule has 0 aromatic heterocycles. The summed E-state index contributed by atoms with van der Waals surface area (Å²) in [5.41, 5.74) is 17.6. The molecular weight excluding hydrogens is 617 g/mol. The molecule has 0 amide bonds. The topological polar surface area (TPSA) is 9.23 Å². The van der Waals surface area contributed by atoms with Gasteiger partial charge in [-0.15, -0.1) is 0 Å². The molecule has 1 atom stereocenters. The Morgan fingerprint density at radius 3 is 1.80 bits per heavy atom. The highest BCUT2D eigenvalue weighted by Crippen LogP contribution is 2.65. The number of rotatable bonds is 2. The summed E-state index contributed by atoms with van der Waals surface area (Å²) in [6.07, 6.45) is 0. The first kappa shape index (κ1) is 28.6. The molecule has 240 valence electrons. The van der Waals surface area contributed by atoms with Crippen molar-refractivity contribution < 1.29 is 4.74 Å². The lowest BCUT2D eigenvalue weighted by Gasteiger charge is -2.34. The molecule has 1 spiro atoms. The van der Waals surface area contributed by atoms with Crippen molar-refractivity contribution in [2.75, 3.05) is 0 Å². The van der Waals surface area contributed by atoms with Gasteiger partial charge in [0.05, 0.1) is 5.41 Å². The van der Waals surface area contributed by atoms with E-state index in [1.54, 1.807) is 0 Å². The maximum Gasteiger partial charge on any atom is 0.131 e. The van der Waals surface area contributed by atoms with Crippen LogP contribution in [-0.4, -0.2) is 0 Å². The molecule has 0 saturated heterocycles. The second kappa shape index (κ2) is 10.2. The zero-order valence-corrected chi connectivity index (χ0v) is 28.6. The second-order valence-corrected chi connectivity index (χ2v) is 14.8. The molecule has 1 heterocycles. The predicted molar refractivity (Wildman–Crippen MR) is 210 cm³/mol. The maximum atomic E-state index is 6.40. The fraction of sp³-hybridized carbons (Fsp3) is 0.0800. The smallest absolute Gasteiger partial charge is 0.131 e. The minimum atomic E-state index is -0.393. The van der Waals surface area contributed by atoms with Crippen LogP contribution in [0.1, 0.15) is 47.2 Å². The Labute approximate surface area is 298 Å². The molecule has 1 nitrogen and oxygen atoms in total. The molecule has 0 N–H and O–H groups in total. The van der Waals surface area contributed by atoms with E-state index in [-0.39, 0.29) is 5.41 Å². The van der Waals surface area contributed by atoms with Crippen LogP contribution in [-0.2, 0) is 10.8 Å². The molecule has 11 rings (SSSR count). The maximum absolute atomic E-state index is 6.40. The van der Waals surface area contributed by atoms with E-state index in [2.05, 4.69) is 178 Å². The van der Waals surface area contributed by atoms with Crippen molar-refractivity contribution in [2.24, 2.45) is 0 Å². The number of para-hydroxylation sites is 1. The molecule has 1 aliphatic heterocycles. The van der Waals surface area contributed by atoms with Gasteiger partial charge in [0.2, 0.25) is 0 Å². The first-order chi connectivity index (χ1) is 25.0. The van der Waals surface area contributed by atoms with E-state index in [0.29, 0.717) is 0 Å². The van der Waals surface area contributed by atoms with Crippen molar-refractivity contribution in [3.63, 3.8) is 0 Å². The van der Waals surface area contributed by atoms with Gasteiger partial charge in [-0.05, 0) is 102 Å². The minimum Gasteiger partial charge on any atom is -0.457 e. The third-order valence-electron chi connectivity index (χ3n) is 11.9. The summed E-state index contributed by atoms with van der Waals surface area (Å²) in [5.74, 6) is 1.88.